The molecule has 2 rings (SSSR count). The molecule has 16 heavy (non-hydrogen) atoms. The van der Waals surface area contributed by atoms with Crippen molar-refractivity contribution in [2.75, 3.05) is 0 Å². The number of carbonyl (C=O) groups is 1. The highest BCUT2D eigenvalue weighted by Crippen LogP contribution is 1.99. The first-order valence-electron chi connectivity index (χ1n) is 4.48. The Hall–Kier alpha value is -2.37. The van der Waals surface area contributed by atoms with E-state index in [9.17, 15) is 9.59 Å². The van der Waals surface area contributed by atoms with Crippen LogP contribution in [-0.2, 0) is 11.3 Å². The van der Waals surface area contributed by atoms with E-state index in [-0.39, 0.29) is 12.0 Å². The lowest BCUT2D eigenvalue weighted by Crippen LogP contribution is -2.12. The first kappa shape index (κ1) is 10.2. The van der Waals surface area contributed by atoms with Gasteiger partial charge in [-0.3, -0.25) is 4.79 Å². The van der Waals surface area contributed by atoms with Crippen molar-refractivity contribution < 1.29 is 13.9 Å². The minimum atomic E-state index is -0.580. The van der Waals surface area contributed by atoms with Crippen LogP contribution < -0.4 is 5.43 Å². The predicted octanol–water partition coefficient (Wildman–Crippen LogP) is 1.02. The highest BCUT2D eigenvalue weighted by atomic mass is 16.6. The Morgan fingerprint density at radius 3 is 3.12 bits per heavy atom. The van der Waals surface area contributed by atoms with Crippen LogP contribution in [0.25, 0.3) is 0 Å². The summed E-state index contributed by atoms with van der Waals surface area (Å²) in [4.78, 5) is 26.0. The van der Waals surface area contributed by atoms with Crippen LogP contribution in [0.15, 0.2) is 46.3 Å². The molecule has 0 bridgehead atoms. The molecule has 0 saturated heterocycles. The first-order chi connectivity index (χ1) is 7.75. The number of hydrogen-bond donors (Lipinski definition) is 0. The zero-order valence-electron chi connectivity index (χ0n) is 8.20. The smallest absolute Gasteiger partial charge is 0.419 e. The molecular weight excluding hydrogens is 212 g/mol. The van der Waals surface area contributed by atoms with Gasteiger partial charge in [-0.05, 0) is 0 Å². The van der Waals surface area contributed by atoms with Crippen molar-refractivity contribution in [1.29, 1.82) is 0 Å². The molecule has 0 spiro atoms. The SMILES string of the molecule is O=C(OCc1cc(=O)cco1)n1ccnc1. The van der Waals surface area contributed by atoms with Crippen molar-refractivity contribution in [3.05, 3.63) is 53.1 Å². The second-order valence-corrected chi connectivity index (χ2v) is 2.96. The number of ether oxygens (including phenoxy) is 1. The second-order valence-electron chi connectivity index (χ2n) is 2.96. The molecule has 2 aromatic heterocycles. The third kappa shape index (κ3) is 2.35. The highest BCUT2D eigenvalue weighted by Gasteiger charge is 2.06. The van der Waals surface area contributed by atoms with Gasteiger partial charge in [0.15, 0.2) is 12.0 Å². The average Bonchev–Trinajstić information content (AvgIpc) is 2.79. The average molecular weight is 220 g/mol. The van der Waals surface area contributed by atoms with Gasteiger partial charge in [-0.15, -0.1) is 0 Å². The van der Waals surface area contributed by atoms with Gasteiger partial charge in [-0.25, -0.2) is 14.3 Å². The Morgan fingerprint density at radius 1 is 1.56 bits per heavy atom. The van der Waals surface area contributed by atoms with E-state index in [0.29, 0.717) is 5.76 Å². The lowest BCUT2D eigenvalue weighted by molar-refractivity contribution is 0.132. The van der Waals surface area contributed by atoms with Crippen molar-refractivity contribution in [2.45, 2.75) is 6.61 Å². The van der Waals surface area contributed by atoms with Crippen molar-refractivity contribution in [1.82, 2.24) is 9.55 Å². The number of rotatable bonds is 2. The van der Waals surface area contributed by atoms with Crippen LogP contribution >= 0.6 is 0 Å². The van der Waals surface area contributed by atoms with Crippen molar-refractivity contribution >= 4 is 6.09 Å². The van der Waals surface area contributed by atoms with E-state index in [4.69, 9.17) is 9.15 Å². The van der Waals surface area contributed by atoms with Gasteiger partial charge < -0.3 is 9.15 Å². The number of imidazole rings is 1. The van der Waals surface area contributed by atoms with Gasteiger partial charge in [-0.1, -0.05) is 0 Å². The molecule has 0 N–H and O–H groups in total. The predicted molar refractivity (Wildman–Crippen MR) is 52.8 cm³/mol. The Bertz CT molecular complexity index is 530. The molecule has 6 nitrogen and oxygen atoms in total. The third-order valence-corrected chi connectivity index (χ3v) is 1.81. The maximum Gasteiger partial charge on any atom is 0.419 e. The van der Waals surface area contributed by atoms with Crippen LogP contribution in [0, 0.1) is 0 Å². The van der Waals surface area contributed by atoms with Crippen LogP contribution in [0.2, 0.25) is 0 Å². The number of aromatic nitrogens is 2. The molecule has 0 amide bonds. The molecule has 0 unspecified atom stereocenters. The van der Waals surface area contributed by atoms with Crippen LogP contribution in [0.4, 0.5) is 4.79 Å². The van der Waals surface area contributed by atoms with E-state index >= 15 is 0 Å². The molecule has 2 heterocycles. The molecule has 0 radical (unpaired) electrons. The molecule has 0 saturated carbocycles. The molecule has 0 aliphatic carbocycles. The zero-order valence-corrected chi connectivity index (χ0v) is 8.20. The standard InChI is InChI=1S/C10H8N2O4/c13-8-1-4-15-9(5-8)6-16-10(14)12-3-2-11-7-12/h1-5,7H,6H2. The maximum atomic E-state index is 11.3. The Morgan fingerprint density at radius 2 is 2.44 bits per heavy atom. The molecule has 0 atom stereocenters. The Balaban J connectivity index is 1.98. The summed E-state index contributed by atoms with van der Waals surface area (Å²) in [6.07, 6.45) is 4.92. The highest BCUT2D eigenvalue weighted by molar-refractivity contribution is 5.69. The maximum absolute atomic E-state index is 11.3. The fourth-order valence-corrected chi connectivity index (χ4v) is 1.08. The summed E-state index contributed by atoms with van der Waals surface area (Å²) in [5.74, 6) is 0.293. The van der Waals surface area contributed by atoms with Gasteiger partial charge >= 0.3 is 6.09 Å². The summed E-state index contributed by atoms with van der Waals surface area (Å²) in [7, 11) is 0. The lowest BCUT2D eigenvalue weighted by Gasteiger charge is -2.03. The summed E-state index contributed by atoms with van der Waals surface area (Å²) >= 11 is 0. The van der Waals surface area contributed by atoms with Crippen LogP contribution in [0.5, 0.6) is 0 Å². The van der Waals surface area contributed by atoms with E-state index in [1.165, 1.54) is 41.7 Å². The fourth-order valence-electron chi connectivity index (χ4n) is 1.08. The van der Waals surface area contributed by atoms with Gasteiger partial charge in [0, 0.05) is 24.5 Å². The van der Waals surface area contributed by atoms with Crippen LogP contribution in [0.1, 0.15) is 5.76 Å². The minimum absolute atomic E-state index is 0.0902. The zero-order chi connectivity index (χ0) is 11.4. The summed E-state index contributed by atoms with van der Waals surface area (Å²) in [6, 6.07) is 2.54. The fraction of sp³-hybridized carbons (Fsp3) is 0.100. The molecule has 0 aliphatic heterocycles. The molecule has 0 fully saturated rings. The van der Waals surface area contributed by atoms with Gasteiger partial charge in [-0.2, -0.15) is 0 Å². The lowest BCUT2D eigenvalue weighted by atomic mass is 10.4. The second kappa shape index (κ2) is 4.43. The third-order valence-electron chi connectivity index (χ3n) is 1.81. The number of nitrogens with zero attached hydrogens (tertiary/aromatic N) is 2. The largest absolute Gasteiger partial charge is 0.465 e. The minimum Gasteiger partial charge on any atom is -0.465 e. The van der Waals surface area contributed by atoms with Crippen LogP contribution in [0.3, 0.4) is 0 Å². The molecule has 6 heteroatoms. The van der Waals surface area contributed by atoms with Gasteiger partial charge in [0.25, 0.3) is 0 Å². The molecule has 0 aromatic carbocycles. The number of carbonyl (C=O) groups excluding carboxylic acids is 1. The molecule has 82 valence electrons. The van der Waals surface area contributed by atoms with Crippen molar-refractivity contribution in [2.24, 2.45) is 0 Å². The summed E-state index contributed by atoms with van der Waals surface area (Å²) in [6.45, 7) is -0.0902. The molecule has 2 aromatic rings. The quantitative estimate of drug-likeness (QED) is 0.755. The van der Waals surface area contributed by atoms with Crippen molar-refractivity contribution in [3.63, 3.8) is 0 Å². The Kier molecular flexibility index (Phi) is 2.81. The topological polar surface area (TPSA) is 74.3 Å². The monoisotopic (exact) mass is 220 g/mol. The number of hydrogen-bond acceptors (Lipinski definition) is 5. The van der Waals surface area contributed by atoms with E-state index < -0.39 is 6.09 Å². The summed E-state index contributed by atoms with van der Waals surface area (Å²) in [5.41, 5.74) is -0.195. The first-order valence-corrected chi connectivity index (χ1v) is 4.48. The molecular formula is C10H8N2O4. The summed E-state index contributed by atoms with van der Waals surface area (Å²) in [5, 5.41) is 0. The van der Waals surface area contributed by atoms with Crippen molar-refractivity contribution in [3.8, 4) is 0 Å². The van der Waals surface area contributed by atoms with Gasteiger partial charge in [0.1, 0.15) is 12.1 Å². The van der Waals surface area contributed by atoms with E-state index in [1.807, 2.05) is 0 Å². The van der Waals surface area contributed by atoms with Crippen LogP contribution in [-0.4, -0.2) is 15.6 Å². The van der Waals surface area contributed by atoms with E-state index in [0.717, 1.165) is 0 Å². The van der Waals surface area contributed by atoms with Gasteiger partial charge in [0.2, 0.25) is 0 Å². The molecule has 0 aliphatic rings. The summed E-state index contributed by atoms with van der Waals surface area (Å²) < 4.78 is 11.0. The van der Waals surface area contributed by atoms with E-state index in [1.54, 1.807) is 0 Å². The van der Waals surface area contributed by atoms with E-state index in [2.05, 4.69) is 4.98 Å². The van der Waals surface area contributed by atoms with Gasteiger partial charge in [0.05, 0.1) is 6.26 Å². The normalized spacial score (nSPS) is 10.0. The Labute approximate surface area is 90.1 Å².